The first kappa shape index (κ1) is 18.9. The molecule has 3 rings (SSSR count). The van der Waals surface area contributed by atoms with Crippen molar-refractivity contribution in [1.82, 2.24) is 5.32 Å². The van der Waals surface area contributed by atoms with Crippen LogP contribution in [0.4, 0.5) is 0 Å². The number of ether oxygens (including phenoxy) is 1. The van der Waals surface area contributed by atoms with E-state index in [2.05, 4.69) is 5.32 Å². The van der Waals surface area contributed by atoms with Gasteiger partial charge < -0.3 is 14.5 Å². The molecule has 6 heteroatoms. The van der Waals surface area contributed by atoms with Gasteiger partial charge in [-0.25, -0.2) is 0 Å². The molecule has 0 aliphatic rings. The predicted octanol–water partition coefficient (Wildman–Crippen LogP) is 3.83. The average Bonchev–Trinajstić information content (AvgIpc) is 3.15. The summed E-state index contributed by atoms with van der Waals surface area (Å²) in [5.41, 5.74) is 2.04. The summed E-state index contributed by atoms with van der Waals surface area (Å²) >= 11 is 0. The molecule has 5 nitrogen and oxygen atoms in total. The summed E-state index contributed by atoms with van der Waals surface area (Å²) in [4.78, 5) is 13.0. The number of hydrogen-bond donors (Lipinski definition) is 1. The highest BCUT2D eigenvalue weighted by Crippen LogP contribution is 2.16. The Morgan fingerprint density at radius 1 is 1.11 bits per heavy atom. The molecule has 140 valence electrons. The molecule has 1 amide bonds. The van der Waals surface area contributed by atoms with Crippen LogP contribution in [0.1, 0.15) is 27.4 Å². The fourth-order valence-electron chi connectivity index (χ4n) is 2.53. The van der Waals surface area contributed by atoms with Crippen LogP contribution in [0.5, 0.6) is 5.75 Å². The molecule has 27 heavy (non-hydrogen) atoms. The van der Waals surface area contributed by atoms with Crippen molar-refractivity contribution in [2.45, 2.75) is 24.1 Å². The average molecular weight is 383 g/mol. The number of rotatable bonds is 7. The second kappa shape index (κ2) is 8.68. The summed E-state index contributed by atoms with van der Waals surface area (Å²) in [6.45, 7) is 2.34. The molecule has 0 spiro atoms. The molecule has 1 aromatic heterocycles. The molecule has 0 saturated heterocycles. The van der Waals surface area contributed by atoms with Crippen molar-refractivity contribution in [3.63, 3.8) is 0 Å². The smallest absolute Gasteiger partial charge is 0.287 e. The minimum Gasteiger partial charge on any atom is -0.497 e. The van der Waals surface area contributed by atoms with Gasteiger partial charge in [0.25, 0.3) is 5.91 Å². The van der Waals surface area contributed by atoms with Gasteiger partial charge in [-0.2, -0.15) is 0 Å². The molecule has 0 fully saturated rings. The summed E-state index contributed by atoms with van der Waals surface area (Å²) in [5.74, 6) is 1.37. The standard InChI is InChI=1S/C21H21NO4S/c1-15-6-9-19(10-7-15)27(24)14-18-8-11-20(26-18)21(23)22-13-16-4-3-5-17(12-16)25-2/h3-12H,13-14H2,1-2H3,(H,22,23). The van der Waals surface area contributed by atoms with Crippen LogP contribution in [0.25, 0.3) is 0 Å². The topological polar surface area (TPSA) is 68.5 Å². The van der Waals surface area contributed by atoms with Crippen LogP contribution in [0.3, 0.4) is 0 Å². The van der Waals surface area contributed by atoms with Crippen LogP contribution in [-0.4, -0.2) is 17.2 Å². The fraction of sp³-hybridized carbons (Fsp3) is 0.190. The fourth-order valence-corrected chi connectivity index (χ4v) is 3.55. The van der Waals surface area contributed by atoms with Gasteiger partial charge in [-0.15, -0.1) is 0 Å². The number of hydrogen-bond acceptors (Lipinski definition) is 4. The lowest BCUT2D eigenvalue weighted by atomic mass is 10.2. The van der Waals surface area contributed by atoms with Gasteiger partial charge in [0, 0.05) is 11.4 Å². The number of furan rings is 1. The molecule has 0 bridgehead atoms. The molecule has 1 heterocycles. The van der Waals surface area contributed by atoms with E-state index in [1.807, 2.05) is 55.5 Å². The monoisotopic (exact) mass is 383 g/mol. The van der Waals surface area contributed by atoms with Crippen molar-refractivity contribution in [2.24, 2.45) is 0 Å². The number of nitrogens with one attached hydrogen (secondary N) is 1. The van der Waals surface area contributed by atoms with Crippen molar-refractivity contribution >= 4 is 16.7 Å². The molecule has 0 radical (unpaired) electrons. The van der Waals surface area contributed by atoms with Crippen LogP contribution in [0, 0.1) is 6.92 Å². The Morgan fingerprint density at radius 2 is 1.89 bits per heavy atom. The molecular weight excluding hydrogens is 362 g/mol. The first-order chi connectivity index (χ1) is 13.0. The van der Waals surface area contributed by atoms with Crippen molar-refractivity contribution in [3.8, 4) is 5.75 Å². The highest BCUT2D eigenvalue weighted by Gasteiger charge is 2.13. The van der Waals surface area contributed by atoms with Crippen molar-refractivity contribution in [1.29, 1.82) is 0 Å². The number of carbonyl (C=O) groups is 1. The minimum atomic E-state index is -1.22. The minimum absolute atomic E-state index is 0.203. The quantitative estimate of drug-likeness (QED) is 0.673. The molecule has 0 aliphatic carbocycles. The molecular formula is C21H21NO4S. The zero-order valence-corrected chi connectivity index (χ0v) is 16.0. The zero-order chi connectivity index (χ0) is 19.2. The van der Waals surface area contributed by atoms with E-state index in [0.29, 0.717) is 12.3 Å². The van der Waals surface area contributed by atoms with E-state index >= 15 is 0 Å². The highest BCUT2D eigenvalue weighted by molar-refractivity contribution is 7.84. The third kappa shape index (κ3) is 5.08. The Balaban J connectivity index is 1.58. The third-order valence-corrected chi connectivity index (χ3v) is 5.37. The highest BCUT2D eigenvalue weighted by atomic mass is 32.2. The van der Waals surface area contributed by atoms with E-state index in [4.69, 9.17) is 9.15 Å². The van der Waals surface area contributed by atoms with Gasteiger partial charge in [0.2, 0.25) is 0 Å². The summed E-state index contributed by atoms with van der Waals surface area (Å²) in [6.07, 6.45) is 0. The summed E-state index contributed by atoms with van der Waals surface area (Å²) in [7, 11) is 0.381. The number of amides is 1. The maximum atomic E-state index is 12.4. The van der Waals surface area contributed by atoms with E-state index in [0.717, 1.165) is 21.8 Å². The number of benzene rings is 2. The number of carbonyl (C=O) groups excluding carboxylic acids is 1. The van der Waals surface area contributed by atoms with Gasteiger partial charge in [-0.05, 0) is 48.9 Å². The molecule has 0 saturated carbocycles. The van der Waals surface area contributed by atoms with E-state index in [1.54, 1.807) is 19.2 Å². The van der Waals surface area contributed by atoms with Gasteiger partial charge in [-0.3, -0.25) is 9.00 Å². The Kier molecular flexibility index (Phi) is 6.08. The van der Waals surface area contributed by atoms with E-state index in [1.165, 1.54) is 0 Å². The SMILES string of the molecule is COc1cccc(CNC(=O)c2ccc(CS(=O)c3ccc(C)cc3)o2)c1. The maximum absolute atomic E-state index is 12.4. The first-order valence-electron chi connectivity index (χ1n) is 8.50. The largest absolute Gasteiger partial charge is 0.497 e. The zero-order valence-electron chi connectivity index (χ0n) is 15.2. The van der Waals surface area contributed by atoms with Crippen molar-refractivity contribution < 1.29 is 18.2 Å². The third-order valence-electron chi connectivity index (χ3n) is 4.03. The van der Waals surface area contributed by atoms with E-state index in [-0.39, 0.29) is 17.4 Å². The lowest BCUT2D eigenvalue weighted by Crippen LogP contribution is -2.22. The Morgan fingerprint density at radius 3 is 2.63 bits per heavy atom. The predicted molar refractivity (Wildman–Crippen MR) is 104 cm³/mol. The lowest BCUT2D eigenvalue weighted by molar-refractivity contribution is 0.0921. The Hall–Kier alpha value is -2.86. The van der Waals surface area contributed by atoms with Crippen LogP contribution in [0.2, 0.25) is 0 Å². The molecule has 1 atom stereocenters. The summed E-state index contributed by atoms with van der Waals surface area (Å²) in [5, 5.41) is 2.81. The van der Waals surface area contributed by atoms with Gasteiger partial charge in [0.15, 0.2) is 5.76 Å². The normalized spacial score (nSPS) is 11.8. The van der Waals surface area contributed by atoms with E-state index < -0.39 is 10.8 Å². The summed E-state index contributed by atoms with van der Waals surface area (Å²) < 4.78 is 23.1. The van der Waals surface area contributed by atoms with Gasteiger partial charge in [0.1, 0.15) is 11.5 Å². The number of aryl methyl sites for hydroxylation is 1. The molecule has 3 aromatic rings. The second-order valence-corrected chi connectivity index (χ2v) is 7.55. The van der Waals surface area contributed by atoms with Crippen molar-refractivity contribution in [2.75, 3.05) is 7.11 Å². The Bertz CT molecular complexity index is 947. The van der Waals surface area contributed by atoms with Gasteiger partial charge in [-0.1, -0.05) is 29.8 Å². The first-order valence-corrected chi connectivity index (χ1v) is 9.82. The number of methoxy groups -OCH3 is 1. The van der Waals surface area contributed by atoms with Gasteiger partial charge >= 0.3 is 0 Å². The lowest BCUT2D eigenvalue weighted by Gasteiger charge is -2.05. The molecule has 1 N–H and O–H groups in total. The van der Waals surface area contributed by atoms with Crippen LogP contribution in [0.15, 0.2) is 70.0 Å². The maximum Gasteiger partial charge on any atom is 0.287 e. The Labute approximate surface area is 160 Å². The van der Waals surface area contributed by atoms with Crippen LogP contribution >= 0.6 is 0 Å². The van der Waals surface area contributed by atoms with Crippen LogP contribution < -0.4 is 10.1 Å². The molecule has 1 unspecified atom stereocenters. The second-order valence-electron chi connectivity index (χ2n) is 6.10. The van der Waals surface area contributed by atoms with E-state index in [9.17, 15) is 9.00 Å². The molecule has 0 aliphatic heterocycles. The van der Waals surface area contributed by atoms with Crippen LogP contribution in [-0.2, 0) is 23.1 Å². The summed E-state index contributed by atoms with van der Waals surface area (Å²) in [6, 6.07) is 18.3. The van der Waals surface area contributed by atoms with Gasteiger partial charge in [0.05, 0.1) is 23.7 Å². The molecule has 2 aromatic carbocycles. The van der Waals surface area contributed by atoms with Crippen molar-refractivity contribution in [3.05, 3.63) is 83.3 Å².